The normalized spacial score (nSPS) is 19.8. The molecule has 1 unspecified atom stereocenters. The summed E-state index contributed by atoms with van der Waals surface area (Å²) in [6, 6.07) is 10.3. The van der Waals surface area contributed by atoms with Crippen molar-refractivity contribution in [1.29, 1.82) is 0 Å². The minimum Gasteiger partial charge on any atom is -0.339 e. The number of hydrogen-bond donors (Lipinski definition) is 1. The molecule has 0 radical (unpaired) electrons. The van der Waals surface area contributed by atoms with Crippen LogP contribution in [0, 0.1) is 0 Å². The van der Waals surface area contributed by atoms with E-state index in [0.717, 1.165) is 31.4 Å². The second kappa shape index (κ2) is 6.55. The number of rotatable bonds is 4. The van der Waals surface area contributed by atoms with E-state index < -0.39 is 0 Å². The monoisotopic (exact) mass is 246 g/mol. The Morgan fingerprint density at radius 1 is 1.28 bits per heavy atom. The lowest BCUT2D eigenvalue weighted by Gasteiger charge is -2.35. The molecule has 0 aliphatic carbocycles. The van der Waals surface area contributed by atoms with Crippen molar-refractivity contribution in [2.24, 2.45) is 5.73 Å². The van der Waals surface area contributed by atoms with Crippen LogP contribution < -0.4 is 5.73 Å². The fourth-order valence-corrected chi connectivity index (χ4v) is 2.69. The highest BCUT2D eigenvalue weighted by atomic mass is 16.2. The van der Waals surface area contributed by atoms with E-state index in [1.165, 1.54) is 6.42 Å². The van der Waals surface area contributed by atoms with Crippen LogP contribution in [0.5, 0.6) is 0 Å². The van der Waals surface area contributed by atoms with Crippen molar-refractivity contribution in [3.63, 3.8) is 0 Å². The molecule has 0 saturated carbocycles. The Hall–Kier alpha value is -1.35. The number of benzene rings is 1. The Bertz CT molecular complexity index is 375. The van der Waals surface area contributed by atoms with Crippen LogP contribution in [0.3, 0.4) is 0 Å². The maximum atomic E-state index is 12.3. The summed E-state index contributed by atoms with van der Waals surface area (Å²) in [7, 11) is 0. The average Bonchev–Trinajstić information content (AvgIpc) is 2.41. The van der Waals surface area contributed by atoms with Crippen molar-refractivity contribution >= 4 is 5.91 Å². The SMILES string of the molecule is NCCC1CCCCN1C(=O)Cc1ccccc1. The zero-order chi connectivity index (χ0) is 12.8. The van der Waals surface area contributed by atoms with E-state index in [4.69, 9.17) is 5.73 Å². The molecule has 3 nitrogen and oxygen atoms in total. The van der Waals surface area contributed by atoms with Gasteiger partial charge in [-0.15, -0.1) is 0 Å². The van der Waals surface area contributed by atoms with Gasteiger partial charge in [0.15, 0.2) is 0 Å². The van der Waals surface area contributed by atoms with Crippen molar-refractivity contribution in [2.45, 2.75) is 38.1 Å². The Kier molecular flexibility index (Phi) is 4.76. The Balaban J connectivity index is 1.98. The molecule has 1 aliphatic rings. The molecule has 0 bridgehead atoms. The van der Waals surface area contributed by atoms with Crippen molar-refractivity contribution in [2.75, 3.05) is 13.1 Å². The number of amides is 1. The van der Waals surface area contributed by atoms with Gasteiger partial charge < -0.3 is 10.6 Å². The van der Waals surface area contributed by atoms with Crippen LogP contribution in [0.25, 0.3) is 0 Å². The number of likely N-dealkylation sites (tertiary alicyclic amines) is 1. The van der Waals surface area contributed by atoms with Crippen LogP contribution in [0.1, 0.15) is 31.2 Å². The zero-order valence-electron chi connectivity index (χ0n) is 10.8. The van der Waals surface area contributed by atoms with Crippen LogP contribution >= 0.6 is 0 Å². The molecule has 1 atom stereocenters. The number of nitrogens with zero attached hydrogens (tertiary/aromatic N) is 1. The topological polar surface area (TPSA) is 46.3 Å². The number of carbonyl (C=O) groups is 1. The van der Waals surface area contributed by atoms with E-state index in [1.807, 2.05) is 35.2 Å². The third-order valence-electron chi connectivity index (χ3n) is 3.65. The van der Waals surface area contributed by atoms with E-state index >= 15 is 0 Å². The lowest BCUT2D eigenvalue weighted by Crippen LogP contribution is -2.45. The quantitative estimate of drug-likeness (QED) is 0.882. The van der Waals surface area contributed by atoms with Gasteiger partial charge in [-0.25, -0.2) is 0 Å². The molecule has 0 aromatic heterocycles. The summed E-state index contributed by atoms with van der Waals surface area (Å²) < 4.78 is 0. The summed E-state index contributed by atoms with van der Waals surface area (Å²) in [5.41, 5.74) is 6.73. The lowest BCUT2D eigenvalue weighted by molar-refractivity contribution is -0.134. The second-order valence-corrected chi connectivity index (χ2v) is 4.98. The van der Waals surface area contributed by atoms with Crippen LogP contribution in [-0.4, -0.2) is 29.9 Å². The molecule has 1 fully saturated rings. The molecule has 98 valence electrons. The smallest absolute Gasteiger partial charge is 0.227 e. The van der Waals surface area contributed by atoms with Gasteiger partial charge in [0.25, 0.3) is 0 Å². The Labute approximate surface area is 109 Å². The molecule has 1 aromatic carbocycles. The summed E-state index contributed by atoms with van der Waals surface area (Å²) in [5.74, 6) is 0.249. The van der Waals surface area contributed by atoms with Gasteiger partial charge in [0.1, 0.15) is 0 Å². The first-order chi connectivity index (χ1) is 8.81. The molecule has 2 rings (SSSR count). The number of piperidine rings is 1. The van der Waals surface area contributed by atoms with Gasteiger partial charge >= 0.3 is 0 Å². The number of carbonyl (C=O) groups excluding carboxylic acids is 1. The molecule has 2 N–H and O–H groups in total. The highest BCUT2D eigenvalue weighted by molar-refractivity contribution is 5.79. The second-order valence-electron chi connectivity index (χ2n) is 4.98. The first-order valence-corrected chi connectivity index (χ1v) is 6.84. The molecule has 18 heavy (non-hydrogen) atoms. The third kappa shape index (κ3) is 3.33. The highest BCUT2D eigenvalue weighted by Gasteiger charge is 2.25. The molecule has 1 saturated heterocycles. The minimum absolute atomic E-state index is 0.249. The van der Waals surface area contributed by atoms with Crippen molar-refractivity contribution < 1.29 is 4.79 Å². The summed E-state index contributed by atoms with van der Waals surface area (Å²) in [5, 5.41) is 0. The first kappa shape index (κ1) is 13.1. The van der Waals surface area contributed by atoms with Gasteiger partial charge in [-0.3, -0.25) is 4.79 Å². The van der Waals surface area contributed by atoms with Gasteiger partial charge in [0.05, 0.1) is 6.42 Å². The molecular weight excluding hydrogens is 224 g/mol. The predicted molar refractivity (Wildman–Crippen MR) is 73.2 cm³/mol. The first-order valence-electron chi connectivity index (χ1n) is 6.84. The maximum absolute atomic E-state index is 12.3. The van der Waals surface area contributed by atoms with E-state index in [-0.39, 0.29) is 5.91 Å². The van der Waals surface area contributed by atoms with Crippen molar-refractivity contribution in [3.05, 3.63) is 35.9 Å². The molecule has 1 aliphatic heterocycles. The third-order valence-corrected chi connectivity index (χ3v) is 3.65. The summed E-state index contributed by atoms with van der Waals surface area (Å²) >= 11 is 0. The van der Waals surface area contributed by atoms with Gasteiger partial charge in [-0.2, -0.15) is 0 Å². The average molecular weight is 246 g/mol. The summed E-state index contributed by atoms with van der Waals surface area (Å²) in [6.07, 6.45) is 4.90. The Morgan fingerprint density at radius 2 is 2.06 bits per heavy atom. The number of hydrogen-bond acceptors (Lipinski definition) is 2. The van der Waals surface area contributed by atoms with Gasteiger partial charge in [0, 0.05) is 12.6 Å². The molecule has 1 amide bonds. The van der Waals surface area contributed by atoms with E-state index in [9.17, 15) is 4.79 Å². The number of nitrogens with two attached hydrogens (primary N) is 1. The Morgan fingerprint density at radius 3 is 2.78 bits per heavy atom. The van der Waals surface area contributed by atoms with Crippen LogP contribution in [0.15, 0.2) is 30.3 Å². The largest absolute Gasteiger partial charge is 0.339 e. The molecular formula is C15H22N2O. The fourth-order valence-electron chi connectivity index (χ4n) is 2.69. The van der Waals surface area contributed by atoms with E-state index in [2.05, 4.69) is 0 Å². The highest BCUT2D eigenvalue weighted by Crippen LogP contribution is 2.20. The van der Waals surface area contributed by atoms with Gasteiger partial charge in [0.2, 0.25) is 5.91 Å². The van der Waals surface area contributed by atoms with E-state index in [0.29, 0.717) is 19.0 Å². The predicted octanol–water partition coefficient (Wildman–Crippen LogP) is 1.96. The molecule has 0 spiro atoms. The lowest BCUT2D eigenvalue weighted by atomic mass is 9.98. The van der Waals surface area contributed by atoms with Crippen molar-refractivity contribution in [1.82, 2.24) is 4.90 Å². The van der Waals surface area contributed by atoms with Crippen molar-refractivity contribution in [3.8, 4) is 0 Å². The van der Waals surface area contributed by atoms with Gasteiger partial charge in [-0.05, 0) is 37.8 Å². The zero-order valence-corrected chi connectivity index (χ0v) is 10.8. The molecule has 3 heteroatoms. The molecule has 1 heterocycles. The van der Waals surface area contributed by atoms with Crippen LogP contribution in [0.2, 0.25) is 0 Å². The summed E-state index contributed by atoms with van der Waals surface area (Å²) in [6.45, 7) is 1.57. The maximum Gasteiger partial charge on any atom is 0.227 e. The van der Waals surface area contributed by atoms with Crippen LogP contribution in [-0.2, 0) is 11.2 Å². The standard InChI is InChI=1S/C15H22N2O/c16-10-9-14-8-4-5-11-17(14)15(18)12-13-6-2-1-3-7-13/h1-3,6-7,14H,4-5,8-12,16H2. The fraction of sp³-hybridized carbons (Fsp3) is 0.533. The minimum atomic E-state index is 0.249. The molecule has 1 aromatic rings. The van der Waals surface area contributed by atoms with Crippen LogP contribution in [0.4, 0.5) is 0 Å². The summed E-state index contributed by atoms with van der Waals surface area (Å²) in [4.78, 5) is 14.4. The van der Waals surface area contributed by atoms with Gasteiger partial charge in [-0.1, -0.05) is 30.3 Å². The van der Waals surface area contributed by atoms with E-state index in [1.54, 1.807) is 0 Å².